The number of hydrogen-bond donors (Lipinski definition) is 0. The van der Waals surface area contributed by atoms with Crippen molar-refractivity contribution in [3.63, 3.8) is 0 Å². The first kappa shape index (κ1) is 29.3. The monoisotopic (exact) mass is 634 g/mol. The van der Waals surface area contributed by atoms with Gasteiger partial charge < -0.3 is 9.13 Å². The van der Waals surface area contributed by atoms with E-state index in [0.29, 0.717) is 72.8 Å². The van der Waals surface area contributed by atoms with Crippen molar-refractivity contribution in [3.8, 4) is 34.6 Å². The van der Waals surface area contributed by atoms with Gasteiger partial charge in [0.25, 0.3) is 0 Å². The third kappa shape index (κ3) is 4.26. The fourth-order valence-electron chi connectivity index (χ4n) is 6.86. The van der Waals surface area contributed by atoms with E-state index in [1.54, 1.807) is 66.7 Å². The van der Waals surface area contributed by atoms with Gasteiger partial charge in [-0.25, -0.2) is 19.4 Å². The van der Waals surface area contributed by atoms with Crippen LogP contribution in [0.3, 0.4) is 0 Å². The molecule has 0 bridgehead atoms. The standard InChI is InChI=1S/C42H18N8/c1-45-28-9-13-33-32-12-8-26(24-44)19-37(32)49(38(33)20-28)36-17-16-31(27-7-5-6-25(18-27)23-43)42(41(36)48-4)50-39-21-29(46-2)10-14-34(39)35-15-11-30(47-3)22-40(35)50/h5-22H. The first-order chi connectivity index (χ1) is 24.5. The van der Waals surface area contributed by atoms with Crippen LogP contribution in [0.2, 0.25) is 0 Å². The van der Waals surface area contributed by atoms with Gasteiger partial charge in [-0.1, -0.05) is 60.7 Å². The lowest BCUT2D eigenvalue weighted by molar-refractivity contribution is 1.15. The molecule has 8 aromatic rings. The van der Waals surface area contributed by atoms with Crippen LogP contribution in [0.1, 0.15) is 11.1 Å². The first-order valence-corrected chi connectivity index (χ1v) is 15.3. The van der Waals surface area contributed by atoms with E-state index in [4.69, 9.17) is 26.3 Å². The van der Waals surface area contributed by atoms with Gasteiger partial charge in [0, 0.05) is 38.1 Å². The van der Waals surface area contributed by atoms with Crippen LogP contribution in [-0.2, 0) is 0 Å². The highest BCUT2D eigenvalue weighted by Gasteiger charge is 2.25. The number of rotatable bonds is 3. The zero-order valence-corrected chi connectivity index (χ0v) is 26.0. The Kier molecular flexibility index (Phi) is 6.60. The van der Waals surface area contributed by atoms with Crippen LogP contribution in [-0.4, -0.2) is 9.13 Å². The summed E-state index contributed by atoms with van der Waals surface area (Å²) in [7, 11) is 0. The fourth-order valence-corrected chi connectivity index (χ4v) is 6.86. The second-order valence-electron chi connectivity index (χ2n) is 11.6. The Balaban J connectivity index is 1.61. The highest BCUT2D eigenvalue weighted by Crippen LogP contribution is 2.47. The predicted octanol–water partition coefficient (Wildman–Crippen LogP) is 11.5. The summed E-state index contributed by atoms with van der Waals surface area (Å²) in [6.07, 6.45) is 0. The number of hydrogen-bond acceptors (Lipinski definition) is 2. The number of nitriles is 2. The van der Waals surface area contributed by atoms with Gasteiger partial charge >= 0.3 is 0 Å². The second kappa shape index (κ2) is 11.3. The molecule has 0 spiro atoms. The zero-order chi connectivity index (χ0) is 34.5. The number of aromatic nitrogens is 2. The van der Waals surface area contributed by atoms with Crippen molar-refractivity contribution in [2.75, 3.05) is 0 Å². The Bertz CT molecular complexity index is 2920. The van der Waals surface area contributed by atoms with Crippen molar-refractivity contribution in [3.05, 3.63) is 166 Å². The van der Waals surface area contributed by atoms with Gasteiger partial charge in [-0.15, -0.1) is 0 Å². The largest absolute Gasteiger partial charge is 0.321 e. The molecular formula is C42H18N8. The predicted molar refractivity (Wildman–Crippen MR) is 195 cm³/mol. The van der Waals surface area contributed by atoms with Gasteiger partial charge in [0.15, 0.2) is 17.1 Å². The Labute approximate surface area is 286 Å². The lowest BCUT2D eigenvalue weighted by Gasteiger charge is -2.20. The van der Waals surface area contributed by atoms with Crippen molar-refractivity contribution in [1.29, 1.82) is 10.5 Å². The Hall–Kier alpha value is -8.14. The summed E-state index contributed by atoms with van der Waals surface area (Å²) in [6, 6.07) is 37.1. The summed E-state index contributed by atoms with van der Waals surface area (Å²) in [5.41, 5.74) is 7.57. The molecule has 0 unspecified atom stereocenters. The molecule has 0 fully saturated rings. The lowest BCUT2D eigenvalue weighted by atomic mass is 9.99. The molecule has 0 saturated heterocycles. The molecule has 0 aliphatic carbocycles. The number of fused-ring (bicyclic) bond motifs is 6. The number of benzene rings is 6. The highest BCUT2D eigenvalue weighted by atomic mass is 15.1. The summed E-state index contributed by atoms with van der Waals surface area (Å²) in [5.74, 6) is 0. The zero-order valence-electron chi connectivity index (χ0n) is 26.0. The maximum atomic E-state index is 9.86. The molecule has 6 aromatic carbocycles. The van der Waals surface area contributed by atoms with Crippen LogP contribution >= 0.6 is 0 Å². The van der Waals surface area contributed by atoms with Crippen LogP contribution in [0.25, 0.3) is 85.5 Å². The van der Waals surface area contributed by atoms with Crippen molar-refractivity contribution < 1.29 is 0 Å². The molecule has 50 heavy (non-hydrogen) atoms. The van der Waals surface area contributed by atoms with E-state index in [-0.39, 0.29) is 5.69 Å². The molecule has 0 atom stereocenters. The molecule has 0 aliphatic rings. The molecule has 8 rings (SSSR count). The minimum absolute atomic E-state index is 0.263. The minimum Gasteiger partial charge on any atom is -0.321 e. The first-order valence-electron chi connectivity index (χ1n) is 15.3. The average Bonchev–Trinajstić information content (AvgIpc) is 3.67. The van der Waals surface area contributed by atoms with Gasteiger partial charge in [-0.2, -0.15) is 10.5 Å². The summed E-state index contributed by atoms with van der Waals surface area (Å²) >= 11 is 0. The van der Waals surface area contributed by atoms with Crippen LogP contribution in [0.4, 0.5) is 22.7 Å². The third-order valence-corrected chi connectivity index (χ3v) is 9.01. The maximum Gasteiger partial charge on any atom is 0.234 e. The summed E-state index contributed by atoms with van der Waals surface area (Å²) in [5, 5.41) is 23.1. The molecular weight excluding hydrogens is 617 g/mol. The third-order valence-electron chi connectivity index (χ3n) is 9.01. The van der Waals surface area contributed by atoms with Gasteiger partial charge in [-0.3, -0.25) is 0 Å². The summed E-state index contributed by atoms with van der Waals surface area (Å²) in [6.45, 7) is 32.1. The smallest absolute Gasteiger partial charge is 0.234 e. The van der Waals surface area contributed by atoms with Gasteiger partial charge in [0.05, 0.1) is 66.4 Å². The van der Waals surface area contributed by atoms with Crippen LogP contribution < -0.4 is 0 Å². The SMILES string of the molecule is [C-]#[N+]c1ccc2c3ccc(C#N)cc3n(-c3ccc(-c4cccc(C#N)c4)c(-n4c5cc([N+]#[C-])ccc5c5ccc([N+]#[C-])cc54)c3[N+]#[C-])c2c1. The summed E-state index contributed by atoms with van der Waals surface area (Å²) in [4.78, 5) is 15.3. The molecule has 8 nitrogen and oxygen atoms in total. The van der Waals surface area contributed by atoms with Crippen molar-refractivity contribution in [2.24, 2.45) is 0 Å². The van der Waals surface area contributed by atoms with E-state index in [1.165, 1.54) is 0 Å². The molecule has 0 aliphatic heterocycles. The van der Waals surface area contributed by atoms with Gasteiger partial charge in [-0.05, 0) is 59.7 Å². The van der Waals surface area contributed by atoms with Gasteiger partial charge in [0.2, 0.25) is 5.69 Å². The van der Waals surface area contributed by atoms with Gasteiger partial charge in [0.1, 0.15) is 0 Å². The van der Waals surface area contributed by atoms with E-state index < -0.39 is 0 Å². The molecule has 0 N–H and O–H groups in total. The molecule has 2 heterocycles. The van der Waals surface area contributed by atoms with E-state index in [2.05, 4.69) is 31.5 Å². The van der Waals surface area contributed by atoms with E-state index in [1.807, 2.05) is 51.6 Å². The average molecular weight is 635 g/mol. The van der Waals surface area contributed by atoms with E-state index in [0.717, 1.165) is 21.5 Å². The molecule has 0 saturated carbocycles. The van der Waals surface area contributed by atoms with Crippen molar-refractivity contribution >= 4 is 66.4 Å². The molecule has 2 aromatic heterocycles. The highest BCUT2D eigenvalue weighted by molar-refractivity contribution is 6.14. The van der Waals surface area contributed by atoms with Crippen LogP contribution in [0.15, 0.2) is 109 Å². The molecule has 0 radical (unpaired) electrons. The van der Waals surface area contributed by atoms with E-state index in [9.17, 15) is 10.5 Å². The normalized spacial score (nSPS) is 10.7. The van der Waals surface area contributed by atoms with E-state index >= 15 is 0 Å². The molecule has 0 amide bonds. The fraction of sp³-hybridized carbons (Fsp3) is 0. The second-order valence-corrected chi connectivity index (χ2v) is 11.6. The van der Waals surface area contributed by atoms with Crippen LogP contribution in [0, 0.1) is 49.0 Å². The molecule has 226 valence electrons. The Morgan fingerprint density at radius 2 is 0.980 bits per heavy atom. The quantitative estimate of drug-likeness (QED) is 0.181. The minimum atomic E-state index is 0.263. The summed E-state index contributed by atoms with van der Waals surface area (Å²) < 4.78 is 3.87. The maximum absolute atomic E-state index is 9.86. The number of nitrogens with zero attached hydrogens (tertiary/aromatic N) is 8. The molecule has 8 heteroatoms. The van der Waals surface area contributed by atoms with Crippen molar-refractivity contribution in [2.45, 2.75) is 0 Å². The topological polar surface area (TPSA) is 74.9 Å². The van der Waals surface area contributed by atoms with Crippen molar-refractivity contribution in [1.82, 2.24) is 9.13 Å². The lowest BCUT2D eigenvalue weighted by Crippen LogP contribution is -2.02. The Morgan fingerprint density at radius 3 is 1.50 bits per heavy atom. The Morgan fingerprint density at radius 1 is 0.480 bits per heavy atom. The van der Waals surface area contributed by atoms with Crippen LogP contribution in [0.5, 0.6) is 0 Å².